The van der Waals surface area contributed by atoms with Gasteiger partial charge in [-0.25, -0.2) is 9.97 Å². The van der Waals surface area contributed by atoms with Crippen molar-refractivity contribution in [1.82, 2.24) is 19.9 Å². The monoisotopic (exact) mass is 331 g/mol. The minimum absolute atomic E-state index is 0.326. The Hall–Kier alpha value is -1.72. The van der Waals surface area contributed by atoms with Crippen LogP contribution in [0.1, 0.15) is 43.0 Å². The molecule has 1 atom stereocenters. The minimum atomic E-state index is 0.326. The Balaban J connectivity index is 1.79. The van der Waals surface area contributed by atoms with Crippen LogP contribution in [0.2, 0.25) is 5.02 Å². The van der Waals surface area contributed by atoms with Crippen LogP contribution in [-0.2, 0) is 6.54 Å². The van der Waals surface area contributed by atoms with Crippen molar-refractivity contribution in [2.75, 3.05) is 18.4 Å². The first-order chi connectivity index (χ1) is 11.2. The van der Waals surface area contributed by atoms with Crippen molar-refractivity contribution < 1.29 is 0 Å². The number of hydrogen-bond donors (Lipinski definition) is 1. The summed E-state index contributed by atoms with van der Waals surface area (Å²) in [4.78, 5) is 16.0. The molecule has 0 radical (unpaired) electrons. The van der Waals surface area contributed by atoms with E-state index in [1.165, 1.54) is 6.42 Å². The minimum Gasteiger partial charge on any atom is -0.370 e. The summed E-state index contributed by atoms with van der Waals surface area (Å²) in [5.41, 5.74) is 2.14. The van der Waals surface area contributed by atoms with Crippen molar-refractivity contribution in [2.45, 2.75) is 39.3 Å². The largest absolute Gasteiger partial charge is 0.370 e. The summed E-state index contributed by atoms with van der Waals surface area (Å²) < 4.78 is 0. The van der Waals surface area contributed by atoms with Crippen LogP contribution in [0.15, 0.2) is 24.4 Å². The van der Waals surface area contributed by atoms with Crippen molar-refractivity contribution in [3.8, 4) is 0 Å². The summed E-state index contributed by atoms with van der Waals surface area (Å²) in [7, 11) is 0. The van der Waals surface area contributed by atoms with E-state index in [1.54, 1.807) is 6.20 Å². The van der Waals surface area contributed by atoms with Gasteiger partial charge in [-0.3, -0.25) is 9.88 Å². The number of nitrogens with one attached hydrogen (secondary N) is 1. The fourth-order valence-electron chi connectivity index (χ4n) is 3.09. The molecular weight excluding hydrogens is 310 g/mol. The summed E-state index contributed by atoms with van der Waals surface area (Å²) in [5.74, 6) is 1.72. The molecule has 122 valence electrons. The second-order valence-corrected chi connectivity index (χ2v) is 6.29. The Morgan fingerprint density at radius 2 is 2.22 bits per heavy atom. The Labute approximate surface area is 142 Å². The summed E-state index contributed by atoms with van der Waals surface area (Å²) >= 11 is 5.92. The van der Waals surface area contributed by atoms with Crippen molar-refractivity contribution in [2.24, 2.45) is 0 Å². The molecule has 3 rings (SSSR count). The molecule has 1 aliphatic heterocycles. The fourth-order valence-corrected chi connectivity index (χ4v) is 3.20. The van der Waals surface area contributed by atoms with Crippen LogP contribution in [-0.4, -0.2) is 32.9 Å². The molecule has 5 nitrogen and oxygen atoms in total. The molecule has 23 heavy (non-hydrogen) atoms. The van der Waals surface area contributed by atoms with E-state index in [0.29, 0.717) is 11.1 Å². The molecule has 2 aromatic heterocycles. The average molecular weight is 332 g/mol. The zero-order valence-electron chi connectivity index (χ0n) is 13.6. The number of rotatable bonds is 5. The SMILES string of the molecule is CCNc1cc([C@@H]2CCCN2Cc2ccc(Cl)cn2)nc(C)n1. The summed E-state index contributed by atoms with van der Waals surface area (Å²) in [5, 5.41) is 3.96. The number of anilines is 1. The predicted molar refractivity (Wildman–Crippen MR) is 92.6 cm³/mol. The highest BCUT2D eigenvalue weighted by molar-refractivity contribution is 6.30. The Kier molecular flexibility index (Phi) is 5.08. The highest BCUT2D eigenvalue weighted by atomic mass is 35.5. The maximum atomic E-state index is 5.92. The molecule has 1 aliphatic rings. The smallest absolute Gasteiger partial charge is 0.129 e. The Morgan fingerprint density at radius 3 is 2.96 bits per heavy atom. The van der Waals surface area contributed by atoms with Crippen LogP contribution in [0.5, 0.6) is 0 Å². The number of nitrogens with zero attached hydrogens (tertiary/aromatic N) is 4. The lowest BCUT2D eigenvalue weighted by molar-refractivity contribution is 0.241. The molecular formula is C17H22ClN5. The van der Waals surface area contributed by atoms with Gasteiger partial charge in [-0.1, -0.05) is 11.6 Å². The van der Waals surface area contributed by atoms with Gasteiger partial charge in [0.2, 0.25) is 0 Å². The van der Waals surface area contributed by atoms with Crippen molar-refractivity contribution >= 4 is 17.4 Å². The van der Waals surface area contributed by atoms with Gasteiger partial charge in [0.25, 0.3) is 0 Å². The van der Waals surface area contributed by atoms with E-state index in [-0.39, 0.29) is 0 Å². The van der Waals surface area contributed by atoms with Crippen molar-refractivity contribution in [3.05, 3.63) is 46.6 Å². The standard InChI is InChI=1S/C17H22ClN5/c1-3-19-17-9-15(21-12(2)22-17)16-5-4-8-23(16)11-14-7-6-13(18)10-20-14/h6-7,9-10,16H,3-5,8,11H2,1-2H3,(H,19,21,22)/t16-/m0/s1. The molecule has 0 aliphatic carbocycles. The van der Waals surface area contributed by atoms with Crippen molar-refractivity contribution in [3.63, 3.8) is 0 Å². The highest BCUT2D eigenvalue weighted by Crippen LogP contribution is 2.32. The average Bonchev–Trinajstić information content (AvgIpc) is 2.97. The predicted octanol–water partition coefficient (Wildman–Crippen LogP) is 3.60. The first-order valence-corrected chi connectivity index (χ1v) is 8.47. The van der Waals surface area contributed by atoms with Gasteiger partial charge in [0.05, 0.1) is 22.5 Å². The fraction of sp³-hybridized carbons (Fsp3) is 0.471. The molecule has 6 heteroatoms. The molecule has 0 bridgehead atoms. The zero-order valence-corrected chi connectivity index (χ0v) is 14.3. The Morgan fingerprint density at radius 1 is 1.35 bits per heavy atom. The first kappa shape index (κ1) is 16.1. The van der Waals surface area contributed by atoms with Crippen molar-refractivity contribution in [1.29, 1.82) is 0 Å². The molecule has 0 saturated carbocycles. The first-order valence-electron chi connectivity index (χ1n) is 8.09. The number of aromatic nitrogens is 3. The van der Waals surface area contributed by atoms with Gasteiger partial charge >= 0.3 is 0 Å². The van der Waals surface area contributed by atoms with Gasteiger partial charge in [-0.15, -0.1) is 0 Å². The highest BCUT2D eigenvalue weighted by Gasteiger charge is 2.28. The second kappa shape index (κ2) is 7.23. The Bertz CT molecular complexity index is 659. The van der Waals surface area contributed by atoms with Gasteiger partial charge in [0, 0.05) is 25.4 Å². The van der Waals surface area contributed by atoms with Crippen LogP contribution in [0.4, 0.5) is 5.82 Å². The summed E-state index contributed by atoms with van der Waals surface area (Å²) in [6.07, 6.45) is 4.01. The summed E-state index contributed by atoms with van der Waals surface area (Å²) in [6, 6.07) is 6.29. The number of aryl methyl sites for hydroxylation is 1. The number of hydrogen-bond acceptors (Lipinski definition) is 5. The van der Waals surface area contributed by atoms with Crippen LogP contribution in [0, 0.1) is 6.92 Å². The van der Waals surface area contributed by atoms with Crippen LogP contribution in [0.25, 0.3) is 0 Å². The van der Waals surface area contributed by atoms with Gasteiger partial charge in [-0.05, 0) is 45.4 Å². The molecule has 0 spiro atoms. The molecule has 3 heterocycles. The van der Waals surface area contributed by atoms with Crippen LogP contribution in [0.3, 0.4) is 0 Å². The third kappa shape index (κ3) is 3.98. The number of likely N-dealkylation sites (tertiary alicyclic amines) is 1. The van der Waals surface area contributed by atoms with Crippen LogP contribution < -0.4 is 5.32 Å². The maximum absolute atomic E-state index is 5.92. The van der Waals surface area contributed by atoms with E-state index < -0.39 is 0 Å². The lowest BCUT2D eigenvalue weighted by Gasteiger charge is -2.24. The molecule has 1 saturated heterocycles. The van der Waals surface area contributed by atoms with E-state index in [0.717, 1.165) is 49.1 Å². The van der Waals surface area contributed by atoms with E-state index in [1.807, 2.05) is 19.1 Å². The molecule has 0 aromatic carbocycles. The maximum Gasteiger partial charge on any atom is 0.129 e. The van der Waals surface area contributed by atoms with Gasteiger partial charge < -0.3 is 5.32 Å². The molecule has 2 aromatic rings. The van der Waals surface area contributed by atoms with Gasteiger partial charge in [0.1, 0.15) is 11.6 Å². The normalized spacial score (nSPS) is 18.3. The lowest BCUT2D eigenvalue weighted by Crippen LogP contribution is -2.24. The number of halogens is 1. The lowest BCUT2D eigenvalue weighted by atomic mass is 10.1. The van der Waals surface area contributed by atoms with Gasteiger partial charge in [-0.2, -0.15) is 0 Å². The quantitative estimate of drug-likeness (QED) is 0.907. The van der Waals surface area contributed by atoms with Gasteiger partial charge in [0.15, 0.2) is 0 Å². The molecule has 0 amide bonds. The third-order valence-electron chi connectivity index (χ3n) is 4.07. The van der Waals surface area contributed by atoms with E-state index in [9.17, 15) is 0 Å². The molecule has 1 N–H and O–H groups in total. The third-order valence-corrected chi connectivity index (χ3v) is 4.30. The van der Waals surface area contributed by atoms with E-state index in [2.05, 4.69) is 38.2 Å². The molecule has 1 fully saturated rings. The topological polar surface area (TPSA) is 53.9 Å². The zero-order chi connectivity index (χ0) is 16.2. The summed E-state index contributed by atoms with van der Waals surface area (Å²) in [6.45, 7) is 6.77. The second-order valence-electron chi connectivity index (χ2n) is 5.85. The van der Waals surface area contributed by atoms with E-state index >= 15 is 0 Å². The van der Waals surface area contributed by atoms with Crippen LogP contribution >= 0.6 is 11.6 Å². The molecule has 0 unspecified atom stereocenters. The van der Waals surface area contributed by atoms with E-state index in [4.69, 9.17) is 11.6 Å². The number of pyridine rings is 1.